The number of carbonyl (C=O) groups excluding carboxylic acids is 1. The Bertz CT molecular complexity index is 1530. The maximum Gasteiger partial charge on any atom is 0.347 e. The van der Waals surface area contributed by atoms with E-state index in [0.29, 0.717) is 28.0 Å². The molecule has 182 valence electrons. The van der Waals surface area contributed by atoms with Crippen LogP contribution >= 0.6 is 15.9 Å². The van der Waals surface area contributed by atoms with Gasteiger partial charge in [-0.25, -0.2) is 4.79 Å². The quantitative estimate of drug-likeness (QED) is 0.107. The van der Waals surface area contributed by atoms with Gasteiger partial charge in [-0.3, -0.25) is 4.79 Å². The third-order valence-electron chi connectivity index (χ3n) is 5.54. The fourth-order valence-corrected chi connectivity index (χ4v) is 3.97. The number of carbonyl (C=O) groups is 1. The Kier molecular flexibility index (Phi) is 7.71. The molecule has 6 nitrogen and oxygen atoms in total. The van der Waals surface area contributed by atoms with E-state index in [0.717, 1.165) is 21.3 Å². The van der Waals surface area contributed by atoms with Crippen molar-refractivity contribution < 1.29 is 23.4 Å². The monoisotopic (exact) mass is 546 g/mol. The number of hydrogen-bond acceptors (Lipinski definition) is 6. The highest BCUT2D eigenvalue weighted by molar-refractivity contribution is 9.10. The highest BCUT2D eigenvalue weighted by atomic mass is 79.9. The molecule has 0 aliphatic rings. The second-order valence-electron chi connectivity index (χ2n) is 7.77. The first-order valence-corrected chi connectivity index (χ1v) is 11.7. The number of benzene rings is 3. The van der Waals surface area contributed by atoms with Crippen LogP contribution in [0.25, 0.3) is 29.2 Å². The number of ketones is 1. The number of fused-ring (bicyclic) bond motifs is 1. The van der Waals surface area contributed by atoms with Crippen molar-refractivity contribution in [3.8, 4) is 17.2 Å². The Morgan fingerprint density at radius 3 is 2.28 bits per heavy atom. The molecule has 0 saturated heterocycles. The number of rotatable bonds is 8. The van der Waals surface area contributed by atoms with Crippen LogP contribution < -0.4 is 19.8 Å². The van der Waals surface area contributed by atoms with E-state index in [1.54, 1.807) is 45.6 Å². The number of ether oxygens (including phenoxy) is 3. The summed E-state index contributed by atoms with van der Waals surface area (Å²) in [7, 11) is 4.73. The molecule has 1 heterocycles. The molecule has 0 unspecified atom stereocenters. The first kappa shape index (κ1) is 25.0. The normalized spacial score (nSPS) is 11.3. The minimum atomic E-state index is -0.698. The van der Waals surface area contributed by atoms with Gasteiger partial charge >= 0.3 is 5.63 Å². The van der Waals surface area contributed by atoms with Crippen molar-refractivity contribution in [2.45, 2.75) is 0 Å². The van der Waals surface area contributed by atoms with E-state index in [9.17, 15) is 9.59 Å². The SMILES string of the molecule is COc1ccc(/C=C/c2cc(OC)cc(OC)c2/C=C/C(=O)c2cc3ccc(Br)cc3oc2=O)cc1. The van der Waals surface area contributed by atoms with E-state index in [-0.39, 0.29) is 5.56 Å². The van der Waals surface area contributed by atoms with Gasteiger partial charge in [-0.1, -0.05) is 46.3 Å². The van der Waals surface area contributed by atoms with Crippen molar-refractivity contribution in [1.82, 2.24) is 0 Å². The van der Waals surface area contributed by atoms with Crippen molar-refractivity contribution in [3.05, 3.63) is 104 Å². The molecule has 0 radical (unpaired) electrons. The fraction of sp³-hybridized carbons (Fsp3) is 0.103. The van der Waals surface area contributed by atoms with Gasteiger partial charge in [0.25, 0.3) is 0 Å². The minimum absolute atomic E-state index is 0.0520. The van der Waals surface area contributed by atoms with Crippen molar-refractivity contribution in [2.75, 3.05) is 21.3 Å². The van der Waals surface area contributed by atoms with Crippen LogP contribution in [0.2, 0.25) is 0 Å². The van der Waals surface area contributed by atoms with E-state index < -0.39 is 11.4 Å². The summed E-state index contributed by atoms with van der Waals surface area (Å²) in [6, 6.07) is 18.0. The molecule has 0 N–H and O–H groups in total. The van der Waals surface area contributed by atoms with Gasteiger partial charge in [0, 0.05) is 21.5 Å². The molecule has 0 aliphatic carbocycles. The molecule has 0 bridgehead atoms. The second-order valence-corrected chi connectivity index (χ2v) is 8.68. The van der Waals surface area contributed by atoms with E-state index in [4.69, 9.17) is 18.6 Å². The van der Waals surface area contributed by atoms with Crippen LogP contribution in [0.1, 0.15) is 27.0 Å². The molecule has 0 spiro atoms. The summed E-state index contributed by atoms with van der Waals surface area (Å²) in [6.45, 7) is 0. The molecule has 0 atom stereocenters. The Hall–Kier alpha value is -4.10. The van der Waals surface area contributed by atoms with Gasteiger partial charge in [-0.2, -0.15) is 0 Å². The fourth-order valence-electron chi connectivity index (χ4n) is 3.63. The Labute approximate surface area is 216 Å². The number of hydrogen-bond donors (Lipinski definition) is 0. The van der Waals surface area contributed by atoms with E-state index in [2.05, 4.69) is 15.9 Å². The number of allylic oxidation sites excluding steroid dienone is 1. The van der Waals surface area contributed by atoms with Gasteiger partial charge in [-0.05, 0) is 59.7 Å². The van der Waals surface area contributed by atoms with Crippen LogP contribution in [-0.4, -0.2) is 27.1 Å². The predicted octanol–water partition coefficient (Wildman–Crippen LogP) is 6.65. The van der Waals surface area contributed by atoms with Gasteiger partial charge in [0.1, 0.15) is 28.4 Å². The standard InChI is InChI=1S/C29H23BrO6/c1-33-22-10-5-18(6-11-22)4-7-19-14-23(34-2)17-28(35-3)24(19)12-13-26(31)25-15-20-8-9-21(30)16-27(20)36-29(25)32/h4-17H,1-3H3/b7-4+,13-12+. The average molecular weight is 547 g/mol. The lowest BCUT2D eigenvalue weighted by Crippen LogP contribution is -2.12. The summed E-state index contributed by atoms with van der Waals surface area (Å²) < 4.78 is 22.3. The van der Waals surface area contributed by atoms with Gasteiger partial charge in [-0.15, -0.1) is 0 Å². The molecule has 0 amide bonds. The third-order valence-corrected chi connectivity index (χ3v) is 6.03. The third kappa shape index (κ3) is 5.58. The van der Waals surface area contributed by atoms with E-state index in [1.807, 2.05) is 48.6 Å². The summed E-state index contributed by atoms with van der Waals surface area (Å²) in [5.74, 6) is 1.41. The molecule has 0 saturated carbocycles. The number of methoxy groups -OCH3 is 3. The molecule has 1 aromatic heterocycles. The lowest BCUT2D eigenvalue weighted by molar-refractivity contribution is 0.104. The maximum absolute atomic E-state index is 13.0. The van der Waals surface area contributed by atoms with E-state index >= 15 is 0 Å². The van der Waals surface area contributed by atoms with Crippen LogP contribution in [0.15, 0.2) is 80.4 Å². The highest BCUT2D eigenvalue weighted by Gasteiger charge is 2.14. The summed E-state index contributed by atoms with van der Waals surface area (Å²) in [5, 5.41) is 0.652. The summed E-state index contributed by atoms with van der Waals surface area (Å²) in [4.78, 5) is 25.4. The zero-order valence-electron chi connectivity index (χ0n) is 19.9. The Morgan fingerprint density at radius 1 is 0.833 bits per heavy atom. The van der Waals surface area contributed by atoms with Gasteiger partial charge in [0.15, 0.2) is 5.78 Å². The summed E-state index contributed by atoms with van der Waals surface area (Å²) in [6.07, 6.45) is 6.80. The molecule has 0 fully saturated rings. The van der Waals surface area contributed by atoms with Gasteiger partial charge in [0.2, 0.25) is 0 Å². The highest BCUT2D eigenvalue weighted by Crippen LogP contribution is 2.31. The van der Waals surface area contributed by atoms with Crippen molar-refractivity contribution in [3.63, 3.8) is 0 Å². The van der Waals surface area contributed by atoms with Crippen molar-refractivity contribution in [1.29, 1.82) is 0 Å². The van der Waals surface area contributed by atoms with Crippen LogP contribution in [-0.2, 0) is 0 Å². The molecule has 4 aromatic rings. The van der Waals surface area contributed by atoms with Crippen molar-refractivity contribution >= 4 is 50.9 Å². The van der Waals surface area contributed by atoms with Crippen LogP contribution in [0.3, 0.4) is 0 Å². The molecule has 3 aromatic carbocycles. The smallest absolute Gasteiger partial charge is 0.347 e. The lowest BCUT2D eigenvalue weighted by Gasteiger charge is -2.11. The van der Waals surface area contributed by atoms with Crippen LogP contribution in [0.4, 0.5) is 0 Å². The molecule has 4 rings (SSSR count). The topological polar surface area (TPSA) is 75.0 Å². The summed E-state index contributed by atoms with van der Waals surface area (Å²) in [5.41, 5.74) is 2.04. The first-order valence-electron chi connectivity index (χ1n) is 11.0. The van der Waals surface area contributed by atoms with Crippen LogP contribution in [0, 0.1) is 0 Å². The number of halogens is 1. The summed E-state index contributed by atoms with van der Waals surface area (Å²) >= 11 is 3.35. The first-order chi connectivity index (χ1) is 17.4. The lowest BCUT2D eigenvalue weighted by atomic mass is 10.0. The molecular weight excluding hydrogens is 524 g/mol. The van der Waals surface area contributed by atoms with Crippen molar-refractivity contribution in [2.24, 2.45) is 0 Å². The zero-order chi connectivity index (χ0) is 25.7. The Balaban J connectivity index is 1.71. The second kappa shape index (κ2) is 11.1. The van der Waals surface area contributed by atoms with Gasteiger partial charge < -0.3 is 18.6 Å². The molecular formula is C29H23BrO6. The average Bonchev–Trinajstić information content (AvgIpc) is 2.90. The van der Waals surface area contributed by atoms with Gasteiger partial charge in [0.05, 0.1) is 21.3 Å². The van der Waals surface area contributed by atoms with E-state index in [1.165, 1.54) is 12.1 Å². The molecule has 7 heteroatoms. The minimum Gasteiger partial charge on any atom is -0.497 e. The Morgan fingerprint density at radius 2 is 1.58 bits per heavy atom. The maximum atomic E-state index is 13.0. The predicted molar refractivity (Wildman–Crippen MR) is 145 cm³/mol. The molecule has 0 aliphatic heterocycles. The molecule has 36 heavy (non-hydrogen) atoms. The zero-order valence-corrected chi connectivity index (χ0v) is 21.5. The largest absolute Gasteiger partial charge is 0.497 e. The van der Waals surface area contributed by atoms with Crippen LogP contribution in [0.5, 0.6) is 17.2 Å².